The van der Waals surface area contributed by atoms with Gasteiger partial charge in [0, 0.05) is 0 Å². The van der Waals surface area contributed by atoms with Crippen LogP contribution in [0.2, 0.25) is 0 Å². The highest BCUT2D eigenvalue weighted by molar-refractivity contribution is 7.87. The van der Waals surface area contributed by atoms with Crippen molar-refractivity contribution in [3.05, 3.63) is 0 Å². The first-order valence-corrected chi connectivity index (χ1v) is 5.70. The van der Waals surface area contributed by atoms with Gasteiger partial charge in [-0.05, 0) is 25.2 Å². The lowest BCUT2D eigenvalue weighted by atomic mass is 9.91. The van der Waals surface area contributed by atoms with E-state index in [1.165, 1.54) is 0 Å². The average molecular weight is 189 g/mol. The van der Waals surface area contributed by atoms with Gasteiger partial charge in [0.15, 0.2) is 0 Å². The van der Waals surface area contributed by atoms with Crippen LogP contribution in [-0.4, -0.2) is 25.3 Å². The SMILES string of the molecule is NC12CC3CC1OS(=O)(=O)C2C3. The van der Waals surface area contributed by atoms with Crippen molar-refractivity contribution in [1.82, 2.24) is 0 Å². The van der Waals surface area contributed by atoms with Crippen molar-refractivity contribution in [2.45, 2.75) is 36.2 Å². The molecule has 3 fully saturated rings. The van der Waals surface area contributed by atoms with Crippen molar-refractivity contribution in [2.24, 2.45) is 11.7 Å². The van der Waals surface area contributed by atoms with Crippen LogP contribution in [0.5, 0.6) is 0 Å². The number of fused-ring (bicyclic) bond motifs is 1. The van der Waals surface area contributed by atoms with Crippen LogP contribution in [0, 0.1) is 5.92 Å². The molecule has 12 heavy (non-hydrogen) atoms. The van der Waals surface area contributed by atoms with Crippen LogP contribution in [0.15, 0.2) is 0 Å². The van der Waals surface area contributed by atoms with E-state index in [1.807, 2.05) is 0 Å². The zero-order valence-electron chi connectivity index (χ0n) is 6.56. The summed E-state index contributed by atoms with van der Waals surface area (Å²) in [6.45, 7) is 0. The maximum absolute atomic E-state index is 11.4. The minimum atomic E-state index is -3.31. The third kappa shape index (κ3) is 0.604. The molecule has 0 radical (unpaired) electrons. The second-order valence-corrected chi connectivity index (χ2v) is 5.97. The Morgan fingerprint density at radius 1 is 1.42 bits per heavy atom. The molecule has 3 rings (SSSR count). The quantitative estimate of drug-likeness (QED) is 0.526. The van der Waals surface area contributed by atoms with E-state index in [4.69, 9.17) is 9.92 Å². The summed E-state index contributed by atoms with van der Waals surface area (Å²) in [5.41, 5.74) is 5.48. The average Bonchev–Trinajstić information content (AvgIpc) is 2.39. The second-order valence-electron chi connectivity index (χ2n) is 4.22. The van der Waals surface area contributed by atoms with Gasteiger partial charge in [0.05, 0.1) is 11.6 Å². The molecular weight excluding hydrogens is 178 g/mol. The Labute approximate surface area is 71.2 Å². The monoisotopic (exact) mass is 189 g/mol. The Morgan fingerprint density at radius 2 is 2.17 bits per heavy atom. The Bertz CT molecular complexity index is 339. The van der Waals surface area contributed by atoms with Gasteiger partial charge >= 0.3 is 0 Å². The van der Waals surface area contributed by atoms with Crippen LogP contribution in [-0.2, 0) is 14.3 Å². The van der Waals surface area contributed by atoms with Gasteiger partial charge in [0.2, 0.25) is 0 Å². The summed E-state index contributed by atoms with van der Waals surface area (Å²) in [5, 5.41) is -0.409. The summed E-state index contributed by atoms with van der Waals surface area (Å²) >= 11 is 0. The van der Waals surface area contributed by atoms with Crippen LogP contribution in [0.4, 0.5) is 0 Å². The fraction of sp³-hybridized carbons (Fsp3) is 1.00. The molecule has 0 aromatic carbocycles. The summed E-state index contributed by atoms with van der Waals surface area (Å²) in [7, 11) is -3.31. The summed E-state index contributed by atoms with van der Waals surface area (Å²) in [6.07, 6.45) is 2.18. The fourth-order valence-electron chi connectivity index (χ4n) is 3.02. The smallest absolute Gasteiger partial charge is 0.272 e. The normalized spacial score (nSPS) is 59.6. The molecular formula is C7H11NO3S. The molecule has 68 valence electrons. The van der Waals surface area contributed by atoms with Crippen molar-refractivity contribution in [3.63, 3.8) is 0 Å². The van der Waals surface area contributed by atoms with Crippen LogP contribution in [0.25, 0.3) is 0 Å². The van der Waals surface area contributed by atoms with E-state index >= 15 is 0 Å². The van der Waals surface area contributed by atoms with Crippen LogP contribution >= 0.6 is 0 Å². The van der Waals surface area contributed by atoms with Crippen LogP contribution in [0.1, 0.15) is 19.3 Å². The van der Waals surface area contributed by atoms with Crippen molar-refractivity contribution in [2.75, 3.05) is 0 Å². The third-order valence-corrected chi connectivity index (χ3v) is 5.36. The van der Waals surface area contributed by atoms with Gasteiger partial charge in [-0.25, -0.2) is 0 Å². The number of hydrogen-bond acceptors (Lipinski definition) is 4. The fourth-order valence-corrected chi connectivity index (χ4v) is 5.03. The first kappa shape index (κ1) is 7.29. The van der Waals surface area contributed by atoms with E-state index in [2.05, 4.69) is 0 Å². The van der Waals surface area contributed by atoms with Gasteiger partial charge in [0.25, 0.3) is 10.1 Å². The predicted octanol–water partition coefficient (Wildman–Crippen LogP) is -0.405. The van der Waals surface area contributed by atoms with Gasteiger partial charge in [-0.3, -0.25) is 4.18 Å². The first-order valence-electron chi connectivity index (χ1n) is 4.23. The largest absolute Gasteiger partial charge is 0.322 e. The van der Waals surface area contributed by atoms with E-state index < -0.39 is 20.9 Å². The molecule has 3 aliphatic rings. The first-order chi connectivity index (χ1) is 5.52. The molecule has 5 heteroatoms. The highest BCUT2D eigenvalue weighted by Gasteiger charge is 2.67. The second kappa shape index (κ2) is 1.71. The van der Waals surface area contributed by atoms with E-state index in [1.54, 1.807) is 0 Å². The van der Waals surface area contributed by atoms with E-state index in [0.717, 1.165) is 19.3 Å². The van der Waals surface area contributed by atoms with Gasteiger partial charge < -0.3 is 5.73 Å². The minimum absolute atomic E-state index is 0.216. The number of hydrogen-bond donors (Lipinski definition) is 1. The molecule has 1 aliphatic heterocycles. The van der Waals surface area contributed by atoms with Crippen molar-refractivity contribution < 1.29 is 12.6 Å². The lowest BCUT2D eigenvalue weighted by Gasteiger charge is -2.23. The lowest BCUT2D eigenvalue weighted by molar-refractivity contribution is 0.174. The number of rotatable bonds is 0. The molecule has 4 atom stereocenters. The van der Waals surface area contributed by atoms with Crippen molar-refractivity contribution in [1.29, 1.82) is 0 Å². The predicted molar refractivity (Wildman–Crippen MR) is 41.8 cm³/mol. The standard InChI is InChI=1S/C7H11NO3S/c8-7-3-4-1-5(7)11-12(9,10)6(7)2-4/h4-6H,1-3,8H2. The van der Waals surface area contributed by atoms with E-state index in [0.29, 0.717) is 5.92 Å². The zero-order chi connectivity index (χ0) is 8.56. The van der Waals surface area contributed by atoms with E-state index in [-0.39, 0.29) is 6.10 Å². The van der Waals surface area contributed by atoms with E-state index in [9.17, 15) is 8.42 Å². The van der Waals surface area contributed by atoms with Gasteiger partial charge in [-0.15, -0.1) is 0 Å². The third-order valence-electron chi connectivity index (χ3n) is 3.53. The molecule has 2 saturated carbocycles. The molecule has 4 unspecified atom stereocenters. The Kier molecular flexibility index (Phi) is 1.04. The molecule has 2 N–H and O–H groups in total. The Morgan fingerprint density at radius 3 is 2.67 bits per heavy atom. The van der Waals surface area contributed by atoms with Crippen LogP contribution < -0.4 is 5.73 Å². The van der Waals surface area contributed by atoms with Crippen LogP contribution in [0.3, 0.4) is 0 Å². The van der Waals surface area contributed by atoms with Gasteiger partial charge in [-0.2, -0.15) is 8.42 Å². The Hall–Kier alpha value is -0.130. The topological polar surface area (TPSA) is 69.4 Å². The molecule has 2 aliphatic carbocycles. The minimum Gasteiger partial charge on any atom is -0.322 e. The zero-order valence-corrected chi connectivity index (χ0v) is 7.38. The maximum atomic E-state index is 11.4. The molecule has 1 saturated heterocycles. The molecule has 2 bridgehead atoms. The van der Waals surface area contributed by atoms with Gasteiger partial charge in [0.1, 0.15) is 5.25 Å². The molecule has 0 aromatic heterocycles. The Balaban J connectivity index is 2.20. The molecule has 1 heterocycles. The summed E-state index contributed by atoms with van der Waals surface area (Å²) < 4.78 is 27.7. The lowest BCUT2D eigenvalue weighted by Crippen LogP contribution is -2.50. The maximum Gasteiger partial charge on any atom is 0.272 e. The highest BCUT2D eigenvalue weighted by atomic mass is 32.2. The molecule has 0 spiro atoms. The van der Waals surface area contributed by atoms with Crippen molar-refractivity contribution in [3.8, 4) is 0 Å². The molecule has 0 amide bonds. The summed E-state index contributed by atoms with van der Waals surface area (Å²) in [4.78, 5) is 0. The summed E-state index contributed by atoms with van der Waals surface area (Å²) in [6, 6.07) is 0. The molecule has 4 nitrogen and oxygen atoms in total. The van der Waals surface area contributed by atoms with Crippen molar-refractivity contribution >= 4 is 10.1 Å². The molecule has 0 aromatic rings. The summed E-state index contributed by atoms with van der Waals surface area (Å²) in [5.74, 6) is 0.488. The highest BCUT2D eigenvalue weighted by Crippen LogP contribution is 2.55. The van der Waals surface area contributed by atoms with Gasteiger partial charge in [-0.1, -0.05) is 0 Å². The number of nitrogens with two attached hydrogens (primary N) is 1.